The second kappa shape index (κ2) is 4.77. The fraction of sp³-hybridized carbons (Fsp3) is 0.0909. The van der Waals surface area contributed by atoms with E-state index in [1.165, 1.54) is 0 Å². The third-order valence-electron chi connectivity index (χ3n) is 1.61. The Morgan fingerprint density at radius 1 is 1.38 bits per heavy atom. The van der Waals surface area contributed by atoms with Gasteiger partial charge in [-0.05, 0) is 12.5 Å². The van der Waals surface area contributed by atoms with Crippen LogP contribution in [0.25, 0.3) is 4.91 Å². The first-order valence-electron chi connectivity index (χ1n) is 4.04. The Morgan fingerprint density at radius 2 is 2.00 bits per heavy atom. The van der Waals surface area contributed by atoms with E-state index in [9.17, 15) is 0 Å². The van der Waals surface area contributed by atoms with Crippen molar-refractivity contribution in [1.29, 1.82) is 0 Å². The lowest BCUT2D eigenvalue weighted by Crippen LogP contribution is -1.82. The summed E-state index contributed by atoms with van der Waals surface area (Å²) in [4.78, 5) is 2.09. The van der Waals surface area contributed by atoms with Gasteiger partial charge in [0.15, 0.2) is 0 Å². The van der Waals surface area contributed by atoms with Crippen molar-refractivity contribution >= 4 is 16.7 Å². The molecule has 0 aliphatic rings. The SMILES string of the molecule is C=C(S/C(C)=C\N)c1ccccc1. The third kappa shape index (κ3) is 2.99. The van der Waals surface area contributed by atoms with Crippen LogP contribution in [0.15, 0.2) is 48.0 Å². The molecule has 1 nitrogen and oxygen atoms in total. The van der Waals surface area contributed by atoms with Gasteiger partial charge in [-0.15, -0.1) is 0 Å². The summed E-state index contributed by atoms with van der Waals surface area (Å²) in [6, 6.07) is 10.1. The van der Waals surface area contributed by atoms with Gasteiger partial charge in [0.1, 0.15) is 0 Å². The first kappa shape index (κ1) is 9.93. The third-order valence-corrected chi connectivity index (χ3v) is 2.55. The standard InChI is InChI=1S/C11H13NS/c1-9(8-12)13-10(2)11-6-4-3-5-7-11/h3-8H,2,12H2,1H3/b9-8-. The van der Waals surface area contributed by atoms with Gasteiger partial charge in [-0.1, -0.05) is 48.7 Å². The summed E-state index contributed by atoms with van der Waals surface area (Å²) in [5, 5.41) is 0. The Labute approximate surface area is 83.3 Å². The van der Waals surface area contributed by atoms with E-state index in [0.29, 0.717) is 0 Å². The van der Waals surface area contributed by atoms with E-state index in [1.54, 1.807) is 18.0 Å². The van der Waals surface area contributed by atoms with E-state index in [4.69, 9.17) is 5.73 Å². The smallest absolute Gasteiger partial charge is 0.0120 e. The Morgan fingerprint density at radius 3 is 2.54 bits per heavy atom. The van der Waals surface area contributed by atoms with E-state index in [0.717, 1.165) is 15.4 Å². The molecule has 2 N–H and O–H groups in total. The van der Waals surface area contributed by atoms with Gasteiger partial charge in [-0.25, -0.2) is 0 Å². The second-order valence-corrected chi connectivity index (χ2v) is 4.01. The Bertz CT molecular complexity index is 314. The van der Waals surface area contributed by atoms with Gasteiger partial charge in [0.25, 0.3) is 0 Å². The summed E-state index contributed by atoms with van der Waals surface area (Å²) in [6.07, 6.45) is 1.60. The van der Waals surface area contributed by atoms with Crippen molar-refractivity contribution in [2.45, 2.75) is 6.92 Å². The Kier molecular flexibility index (Phi) is 3.65. The second-order valence-electron chi connectivity index (χ2n) is 2.67. The zero-order chi connectivity index (χ0) is 9.68. The van der Waals surface area contributed by atoms with Crippen molar-refractivity contribution in [2.24, 2.45) is 5.73 Å². The average molecular weight is 191 g/mol. The maximum absolute atomic E-state index is 5.37. The van der Waals surface area contributed by atoms with Crippen LogP contribution in [0, 0.1) is 0 Å². The molecular weight excluding hydrogens is 178 g/mol. The molecule has 0 heterocycles. The Hall–Kier alpha value is -1.15. The summed E-state index contributed by atoms with van der Waals surface area (Å²) in [7, 11) is 0. The van der Waals surface area contributed by atoms with Crippen molar-refractivity contribution < 1.29 is 0 Å². The van der Waals surface area contributed by atoms with E-state index in [1.807, 2.05) is 37.3 Å². The molecular formula is C11H13NS. The highest BCUT2D eigenvalue weighted by Crippen LogP contribution is 2.30. The molecule has 0 spiro atoms. The minimum absolute atomic E-state index is 1.03. The van der Waals surface area contributed by atoms with Crippen LogP contribution in [0.2, 0.25) is 0 Å². The molecule has 0 amide bonds. The Balaban J connectivity index is 2.70. The van der Waals surface area contributed by atoms with Crippen LogP contribution in [-0.4, -0.2) is 0 Å². The molecule has 0 radical (unpaired) electrons. The maximum atomic E-state index is 5.37. The highest BCUT2D eigenvalue weighted by atomic mass is 32.2. The fourth-order valence-corrected chi connectivity index (χ4v) is 1.62. The molecule has 1 aromatic rings. The van der Waals surface area contributed by atoms with Gasteiger partial charge in [0.2, 0.25) is 0 Å². The van der Waals surface area contributed by atoms with Gasteiger partial charge in [0, 0.05) is 16.0 Å². The molecule has 0 saturated heterocycles. The molecule has 1 aromatic carbocycles. The monoisotopic (exact) mass is 191 g/mol. The highest BCUT2D eigenvalue weighted by Gasteiger charge is 1.98. The van der Waals surface area contributed by atoms with Gasteiger partial charge in [0.05, 0.1) is 0 Å². The number of allylic oxidation sites excluding steroid dienone is 1. The zero-order valence-electron chi connectivity index (χ0n) is 7.66. The number of benzene rings is 1. The predicted octanol–water partition coefficient (Wildman–Crippen LogP) is 3.21. The molecule has 0 saturated carbocycles. The molecule has 0 unspecified atom stereocenters. The summed E-state index contributed by atoms with van der Waals surface area (Å²) in [6.45, 7) is 5.95. The lowest BCUT2D eigenvalue weighted by molar-refractivity contribution is 1.52. The van der Waals surface area contributed by atoms with Crippen LogP contribution < -0.4 is 5.73 Å². The molecule has 1 rings (SSSR count). The van der Waals surface area contributed by atoms with Crippen LogP contribution in [0.1, 0.15) is 12.5 Å². The molecule has 13 heavy (non-hydrogen) atoms. The summed E-state index contributed by atoms with van der Waals surface area (Å²) >= 11 is 1.59. The number of rotatable bonds is 3. The lowest BCUT2D eigenvalue weighted by atomic mass is 10.2. The molecule has 0 aliphatic heterocycles. The van der Waals surface area contributed by atoms with Crippen LogP contribution in [-0.2, 0) is 0 Å². The summed E-state index contributed by atoms with van der Waals surface area (Å²) < 4.78 is 0. The van der Waals surface area contributed by atoms with E-state index in [2.05, 4.69) is 6.58 Å². The van der Waals surface area contributed by atoms with Crippen molar-refractivity contribution in [3.63, 3.8) is 0 Å². The summed E-state index contributed by atoms with van der Waals surface area (Å²) in [5.74, 6) is 0. The first-order chi connectivity index (χ1) is 6.24. The van der Waals surface area contributed by atoms with E-state index >= 15 is 0 Å². The van der Waals surface area contributed by atoms with Crippen LogP contribution in [0.4, 0.5) is 0 Å². The number of thioether (sulfide) groups is 1. The molecule has 0 aromatic heterocycles. The minimum atomic E-state index is 1.03. The predicted molar refractivity (Wildman–Crippen MR) is 61.0 cm³/mol. The van der Waals surface area contributed by atoms with Crippen molar-refractivity contribution in [3.8, 4) is 0 Å². The first-order valence-corrected chi connectivity index (χ1v) is 4.86. The average Bonchev–Trinajstić information content (AvgIpc) is 2.19. The van der Waals surface area contributed by atoms with Crippen LogP contribution in [0.5, 0.6) is 0 Å². The topological polar surface area (TPSA) is 26.0 Å². The van der Waals surface area contributed by atoms with E-state index < -0.39 is 0 Å². The normalized spacial score (nSPS) is 11.3. The van der Waals surface area contributed by atoms with E-state index in [-0.39, 0.29) is 0 Å². The quantitative estimate of drug-likeness (QED) is 0.794. The van der Waals surface area contributed by atoms with Gasteiger partial charge in [-0.2, -0.15) is 0 Å². The highest BCUT2D eigenvalue weighted by molar-refractivity contribution is 8.11. The molecule has 0 aliphatic carbocycles. The fourth-order valence-electron chi connectivity index (χ4n) is 0.911. The molecule has 2 heteroatoms. The minimum Gasteiger partial charge on any atom is -0.404 e. The molecule has 0 bridgehead atoms. The van der Waals surface area contributed by atoms with Gasteiger partial charge >= 0.3 is 0 Å². The van der Waals surface area contributed by atoms with Crippen molar-refractivity contribution in [1.82, 2.24) is 0 Å². The number of hydrogen-bond acceptors (Lipinski definition) is 2. The number of hydrogen-bond donors (Lipinski definition) is 1. The number of nitrogens with two attached hydrogens (primary N) is 1. The lowest BCUT2D eigenvalue weighted by Gasteiger charge is -2.04. The van der Waals surface area contributed by atoms with Crippen LogP contribution >= 0.6 is 11.8 Å². The summed E-state index contributed by atoms with van der Waals surface area (Å²) in [5.41, 5.74) is 6.52. The zero-order valence-corrected chi connectivity index (χ0v) is 8.47. The molecule has 0 atom stereocenters. The van der Waals surface area contributed by atoms with Crippen molar-refractivity contribution in [2.75, 3.05) is 0 Å². The largest absolute Gasteiger partial charge is 0.404 e. The van der Waals surface area contributed by atoms with Gasteiger partial charge in [-0.3, -0.25) is 0 Å². The van der Waals surface area contributed by atoms with Crippen molar-refractivity contribution in [3.05, 3.63) is 53.6 Å². The molecule has 68 valence electrons. The molecule has 0 fully saturated rings. The maximum Gasteiger partial charge on any atom is 0.0120 e. The van der Waals surface area contributed by atoms with Crippen LogP contribution in [0.3, 0.4) is 0 Å². The van der Waals surface area contributed by atoms with Gasteiger partial charge < -0.3 is 5.73 Å².